The first kappa shape index (κ1) is 18.5. The lowest BCUT2D eigenvalue weighted by molar-refractivity contribution is -0.159. The summed E-state index contributed by atoms with van der Waals surface area (Å²) in [5.74, 6) is -3.65. The molecule has 0 amide bonds. The molecule has 0 rings (SSSR count). The molecule has 0 spiro atoms. The van der Waals surface area contributed by atoms with Crippen LogP contribution in [0.1, 0.15) is 13.8 Å². The van der Waals surface area contributed by atoms with Crippen molar-refractivity contribution in [3.8, 4) is 0 Å². The molecule has 0 aliphatic carbocycles. The molecular weight excluding hydrogens is 196 g/mol. The minimum atomic E-state index is -1.82. The predicted molar refractivity (Wildman–Crippen MR) is 47.0 cm³/mol. The summed E-state index contributed by atoms with van der Waals surface area (Å²) in [5, 5.41) is 30.0. The van der Waals surface area contributed by atoms with Gasteiger partial charge < -0.3 is 31.9 Å². The van der Waals surface area contributed by atoms with Gasteiger partial charge in [0.15, 0.2) is 0 Å². The highest BCUT2D eigenvalue weighted by Gasteiger charge is 2.04. The summed E-state index contributed by atoms with van der Waals surface area (Å²) in [6, 6.07) is 0. The van der Waals surface area contributed by atoms with E-state index in [1.807, 2.05) is 0 Å². The van der Waals surface area contributed by atoms with Gasteiger partial charge in [0.05, 0.1) is 0 Å². The third-order valence-electron chi connectivity index (χ3n) is 0.183. The topological polar surface area (TPSA) is 167 Å². The van der Waals surface area contributed by atoms with Crippen molar-refractivity contribution in [2.24, 2.45) is 11.5 Å². The molecule has 0 aromatic carbocycles. The number of carboxylic acids is 2. The predicted octanol–water partition coefficient (Wildman–Crippen LogP) is -2.28. The van der Waals surface area contributed by atoms with Crippen LogP contribution in [-0.2, 0) is 9.59 Å². The lowest BCUT2D eigenvalue weighted by atomic mass is 10.7. The van der Waals surface area contributed by atoms with E-state index in [0.717, 1.165) is 0 Å². The summed E-state index contributed by atoms with van der Waals surface area (Å²) in [6.45, 7) is 3.00. The number of nitrogens with two attached hydrogens (primary N) is 2. The minimum Gasteiger partial charge on any atom is -0.473 e. The van der Waals surface area contributed by atoms with Crippen molar-refractivity contribution < 1.29 is 30.0 Å². The first-order valence-corrected chi connectivity index (χ1v) is 3.44. The van der Waals surface area contributed by atoms with Crippen molar-refractivity contribution in [3.63, 3.8) is 0 Å². The summed E-state index contributed by atoms with van der Waals surface area (Å²) in [6.07, 6.45) is -1.33. The van der Waals surface area contributed by atoms with E-state index < -0.39 is 18.2 Å². The van der Waals surface area contributed by atoms with Crippen LogP contribution >= 0.6 is 0 Å². The Bertz CT molecular complexity index is 135. The maximum atomic E-state index is 9.10. The first-order chi connectivity index (χ1) is 6.11. The van der Waals surface area contributed by atoms with Gasteiger partial charge in [-0.25, -0.2) is 9.59 Å². The monoisotopic (exact) mass is 212 g/mol. The number of rotatable bonds is 0. The van der Waals surface area contributed by atoms with Gasteiger partial charge in [0.2, 0.25) is 0 Å². The maximum absolute atomic E-state index is 9.10. The highest BCUT2D eigenvalue weighted by atomic mass is 16.5. The Morgan fingerprint density at radius 3 is 1.07 bits per heavy atom. The quantitative estimate of drug-likeness (QED) is 0.193. The molecule has 0 aromatic rings. The number of aliphatic hydroxyl groups excluding tert-OH is 1. The Hall–Kier alpha value is -1.22. The Kier molecular flexibility index (Phi) is 15.6. The van der Waals surface area contributed by atoms with Gasteiger partial charge in [0.1, 0.15) is 6.29 Å². The van der Waals surface area contributed by atoms with Crippen molar-refractivity contribution >= 4 is 11.9 Å². The number of carbonyl (C=O) groups is 2. The molecule has 86 valence electrons. The number of hydrogen-bond acceptors (Lipinski definition) is 6. The average Bonchev–Trinajstić information content (AvgIpc) is 1.83. The van der Waals surface area contributed by atoms with Crippen LogP contribution in [0.2, 0.25) is 0 Å². The van der Waals surface area contributed by atoms with Crippen LogP contribution in [0.3, 0.4) is 0 Å². The number of aliphatic carboxylic acids is 2. The largest absolute Gasteiger partial charge is 0.473 e. The molecule has 8 N–H and O–H groups in total. The molecule has 8 heteroatoms. The molecular formula is C6H16N2O6. The summed E-state index contributed by atoms with van der Waals surface area (Å²) in [5.41, 5.74) is 9.78. The second-order valence-corrected chi connectivity index (χ2v) is 2.10. The van der Waals surface area contributed by atoms with Crippen LogP contribution in [0.4, 0.5) is 0 Å². The van der Waals surface area contributed by atoms with E-state index in [4.69, 9.17) is 41.5 Å². The van der Waals surface area contributed by atoms with E-state index in [9.17, 15) is 0 Å². The van der Waals surface area contributed by atoms with Gasteiger partial charge in [-0.15, -0.1) is 0 Å². The third-order valence-corrected chi connectivity index (χ3v) is 0.183. The zero-order chi connectivity index (χ0) is 12.3. The van der Waals surface area contributed by atoms with Crippen LogP contribution in [0.5, 0.6) is 0 Å². The van der Waals surface area contributed by atoms with Crippen molar-refractivity contribution in [1.29, 1.82) is 0 Å². The third kappa shape index (κ3) is 133. The number of hydrogen-bond donors (Lipinski definition) is 6. The molecule has 0 aliphatic rings. The van der Waals surface area contributed by atoms with E-state index >= 15 is 0 Å². The van der Waals surface area contributed by atoms with Crippen molar-refractivity contribution in [2.75, 3.05) is 0 Å². The lowest BCUT2D eigenvalue weighted by Gasteiger charge is -1.83. The van der Waals surface area contributed by atoms with E-state index in [1.54, 1.807) is 6.92 Å². The smallest absolute Gasteiger partial charge is 0.414 e. The summed E-state index contributed by atoms with van der Waals surface area (Å²) >= 11 is 0. The van der Waals surface area contributed by atoms with Gasteiger partial charge in [0, 0.05) is 6.17 Å². The highest BCUT2D eigenvalue weighted by molar-refractivity contribution is 6.27. The van der Waals surface area contributed by atoms with Crippen molar-refractivity contribution in [2.45, 2.75) is 26.3 Å². The number of carboxylic acid groups (broad SMARTS) is 2. The molecule has 0 saturated carbocycles. The van der Waals surface area contributed by atoms with Crippen LogP contribution < -0.4 is 11.5 Å². The molecule has 0 atom stereocenters. The molecule has 0 bridgehead atoms. The standard InChI is InChI=1S/C2H8N2.C2H2O4.C2H6O2/c1-2(3)4;3-1(4)2(5)6;1-2(3)4/h2H,3-4H2,1H3;(H,3,4)(H,5,6);2-4H,1H3. The van der Waals surface area contributed by atoms with Gasteiger partial charge in [0.25, 0.3) is 0 Å². The highest BCUT2D eigenvalue weighted by Crippen LogP contribution is 1.57. The molecule has 0 unspecified atom stereocenters. The van der Waals surface area contributed by atoms with E-state index in [2.05, 4.69) is 0 Å². The molecule has 0 heterocycles. The maximum Gasteiger partial charge on any atom is 0.414 e. The van der Waals surface area contributed by atoms with Gasteiger partial charge >= 0.3 is 11.9 Å². The fourth-order valence-electron chi connectivity index (χ4n) is 0. The molecule has 0 fully saturated rings. The van der Waals surface area contributed by atoms with Crippen molar-refractivity contribution in [1.82, 2.24) is 0 Å². The zero-order valence-electron chi connectivity index (χ0n) is 7.91. The van der Waals surface area contributed by atoms with Crippen LogP contribution in [-0.4, -0.2) is 44.8 Å². The Morgan fingerprint density at radius 2 is 1.07 bits per heavy atom. The van der Waals surface area contributed by atoms with Crippen molar-refractivity contribution in [3.05, 3.63) is 0 Å². The molecule has 14 heavy (non-hydrogen) atoms. The molecule has 0 radical (unpaired) electrons. The molecule has 0 saturated heterocycles. The Balaban J connectivity index is -0.000000135. The lowest BCUT2D eigenvalue weighted by Crippen LogP contribution is -2.25. The fraction of sp³-hybridized carbons (Fsp3) is 0.667. The van der Waals surface area contributed by atoms with Crippen LogP contribution in [0.15, 0.2) is 0 Å². The van der Waals surface area contributed by atoms with E-state index in [1.165, 1.54) is 6.92 Å². The minimum absolute atomic E-state index is 0.167. The Labute approximate surface area is 80.8 Å². The second-order valence-electron chi connectivity index (χ2n) is 2.10. The van der Waals surface area contributed by atoms with Crippen LogP contribution in [0.25, 0.3) is 0 Å². The fourth-order valence-corrected chi connectivity index (χ4v) is 0. The van der Waals surface area contributed by atoms with Gasteiger partial charge in [-0.05, 0) is 13.8 Å². The summed E-state index contributed by atoms with van der Waals surface area (Å²) in [4.78, 5) is 18.2. The summed E-state index contributed by atoms with van der Waals surface area (Å²) < 4.78 is 0. The van der Waals surface area contributed by atoms with Gasteiger partial charge in [-0.2, -0.15) is 0 Å². The second kappa shape index (κ2) is 11.8. The average molecular weight is 212 g/mol. The normalized spacial score (nSPS) is 8.29. The van der Waals surface area contributed by atoms with Crippen LogP contribution in [0, 0.1) is 0 Å². The Morgan fingerprint density at radius 1 is 1.00 bits per heavy atom. The van der Waals surface area contributed by atoms with Gasteiger partial charge in [-0.3, -0.25) is 0 Å². The van der Waals surface area contributed by atoms with E-state index in [-0.39, 0.29) is 6.17 Å². The number of aliphatic hydroxyl groups is 2. The molecule has 8 nitrogen and oxygen atoms in total. The molecule has 0 aliphatic heterocycles. The SMILES string of the molecule is CC(N)N.CC(O)O.O=C(O)C(=O)O. The van der Waals surface area contributed by atoms with E-state index in [0.29, 0.717) is 0 Å². The molecule has 0 aromatic heterocycles. The zero-order valence-corrected chi connectivity index (χ0v) is 7.91. The van der Waals surface area contributed by atoms with Gasteiger partial charge in [-0.1, -0.05) is 0 Å². The first-order valence-electron chi connectivity index (χ1n) is 3.44. The summed E-state index contributed by atoms with van der Waals surface area (Å²) in [7, 11) is 0.